The first-order chi connectivity index (χ1) is 10.5. The zero-order valence-corrected chi connectivity index (χ0v) is 11.4. The number of carbonyl (C=O) groups excluding carboxylic acids is 1. The Balaban J connectivity index is 1.63. The van der Waals surface area contributed by atoms with Crippen molar-refractivity contribution < 1.29 is 22.5 Å². The topological polar surface area (TPSA) is 85.3 Å². The minimum Gasteiger partial charge on any atom is -0.438 e. The van der Waals surface area contributed by atoms with Gasteiger partial charge in [-0.15, -0.1) is 0 Å². The zero-order valence-electron chi connectivity index (χ0n) is 11.4. The van der Waals surface area contributed by atoms with E-state index in [-0.39, 0.29) is 17.6 Å². The molecule has 1 aliphatic carbocycles. The van der Waals surface area contributed by atoms with Gasteiger partial charge in [0, 0.05) is 12.3 Å². The number of amides is 1. The molecular weight excluding hydrogens is 298 g/mol. The minimum atomic E-state index is -3.01. The van der Waals surface area contributed by atoms with E-state index in [0.717, 1.165) is 24.1 Å². The van der Waals surface area contributed by atoms with Crippen LogP contribution in [-0.4, -0.2) is 38.4 Å². The molecule has 1 saturated carbocycles. The highest BCUT2D eigenvalue weighted by molar-refractivity contribution is 5.91. The van der Waals surface area contributed by atoms with Gasteiger partial charge in [0.2, 0.25) is 11.7 Å². The summed E-state index contributed by atoms with van der Waals surface area (Å²) >= 11 is 0. The highest BCUT2D eigenvalue weighted by Crippen LogP contribution is 2.43. The van der Waals surface area contributed by atoms with Crippen LogP contribution in [0.5, 0.6) is 0 Å². The number of hydrogen-bond donors (Lipinski definition) is 0. The van der Waals surface area contributed by atoms with Gasteiger partial charge in [0.1, 0.15) is 6.04 Å². The van der Waals surface area contributed by atoms with Crippen LogP contribution in [0.4, 0.5) is 8.78 Å². The van der Waals surface area contributed by atoms with E-state index in [1.807, 2.05) is 0 Å². The predicted octanol–water partition coefficient (Wildman–Crippen LogP) is 2.16. The molecule has 2 aromatic heterocycles. The van der Waals surface area contributed by atoms with Crippen molar-refractivity contribution in [3.8, 4) is 0 Å². The number of halogens is 2. The molecule has 2 fully saturated rings. The van der Waals surface area contributed by atoms with Gasteiger partial charge < -0.3 is 13.8 Å². The van der Waals surface area contributed by atoms with Crippen molar-refractivity contribution in [2.24, 2.45) is 0 Å². The second kappa shape index (κ2) is 4.59. The monoisotopic (exact) mass is 310 g/mol. The summed E-state index contributed by atoms with van der Waals surface area (Å²) in [6.45, 7) is -0.710. The molecule has 7 nitrogen and oxygen atoms in total. The van der Waals surface area contributed by atoms with Crippen molar-refractivity contribution in [3.05, 3.63) is 30.1 Å². The van der Waals surface area contributed by atoms with Crippen molar-refractivity contribution in [1.82, 2.24) is 20.0 Å². The molecule has 9 heteroatoms. The minimum absolute atomic E-state index is 0.0481. The number of rotatable bonds is 3. The second-order valence-corrected chi connectivity index (χ2v) is 5.64. The molecule has 3 heterocycles. The molecule has 0 aromatic carbocycles. The first kappa shape index (κ1) is 13.4. The normalized spacial score (nSPS) is 23.9. The van der Waals surface area contributed by atoms with Crippen molar-refractivity contribution in [1.29, 1.82) is 0 Å². The molecule has 4 rings (SSSR count). The fourth-order valence-corrected chi connectivity index (χ4v) is 2.60. The lowest BCUT2D eigenvalue weighted by Gasteiger charge is -2.19. The van der Waals surface area contributed by atoms with Crippen LogP contribution < -0.4 is 0 Å². The van der Waals surface area contributed by atoms with E-state index in [1.165, 1.54) is 6.20 Å². The van der Waals surface area contributed by atoms with Crippen molar-refractivity contribution in [3.63, 3.8) is 0 Å². The van der Waals surface area contributed by atoms with E-state index in [9.17, 15) is 13.6 Å². The van der Waals surface area contributed by atoms with Gasteiger partial charge in [-0.2, -0.15) is 4.98 Å². The van der Waals surface area contributed by atoms with Crippen LogP contribution in [0.15, 0.2) is 21.5 Å². The second-order valence-electron chi connectivity index (χ2n) is 5.64. The number of nitrogens with zero attached hydrogens (tertiary/aromatic N) is 4. The van der Waals surface area contributed by atoms with Crippen LogP contribution >= 0.6 is 0 Å². The quantitative estimate of drug-likeness (QED) is 0.863. The third-order valence-corrected chi connectivity index (χ3v) is 3.86. The summed E-state index contributed by atoms with van der Waals surface area (Å²) in [5.41, 5.74) is 0. The maximum Gasteiger partial charge on any atom is 0.292 e. The molecule has 2 aromatic rings. The Hall–Kier alpha value is -2.32. The summed E-state index contributed by atoms with van der Waals surface area (Å²) in [6.07, 6.45) is 3.67. The molecule has 0 spiro atoms. The molecule has 0 N–H and O–H groups in total. The van der Waals surface area contributed by atoms with Gasteiger partial charge >= 0.3 is 0 Å². The van der Waals surface area contributed by atoms with Crippen LogP contribution in [0.2, 0.25) is 0 Å². The number of hydrogen-bond acceptors (Lipinski definition) is 6. The van der Waals surface area contributed by atoms with Gasteiger partial charge in [-0.25, -0.2) is 13.8 Å². The van der Waals surface area contributed by atoms with Gasteiger partial charge in [-0.1, -0.05) is 5.16 Å². The fraction of sp³-hybridized carbons (Fsp3) is 0.538. The van der Waals surface area contributed by atoms with Crippen LogP contribution in [0.25, 0.3) is 0 Å². The van der Waals surface area contributed by atoms with Crippen molar-refractivity contribution in [2.45, 2.75) is 37.1 Å². The summed E-state index contributed by atoms with van der Waals surface area (Å²) in [5, 5.41) is 3.82. The van der Waals surface area contributed by atoms with Gasteiger partial charge in [-0.05, 0) is 12.8 Å². The Morgan fingerprint density at radius 1 is 1.41 bits per heavy atom. The highest BCUT2D eigenvalue weighted by Gasteiger charge is 2.50. The van der Waals surface area contributed by atoms with E-state index >= 15 is 0 Å². The van der Waals surface area contributed by atoms with E-state index in [0.29, 0.717) is 5.82 Å². The number of aromatic nitrogens is 3. The van der Waals surface area contributed by atoms with Gasteiger partial charge in [0.05, 0.1) is 12.7 Å². The van der Waals surface area contributed by atoms with Crippen molar-refractivity contribution in [2.75, 3.05) is 6.54 Å². The number of carbonyl (C=O) groups is 1. The lowest BCUT2D eigenvalue weighted by Crippen LogP contribution is -2.32. The molecule has 116 valence electrons. The summed E-state index contributed by atoms with van der Waals surface area (Å²) in [5.74, 6) is -2.94. The molecule has 1 aliphatic heterocycles. The molecule has 22 heavy (non-hydrogen) atoms. The van der Waals surface area contributed by atoms with E-state index < -0.39 is 30.8 Å². The Labute approximate surface area is 123 Å². The van der Waals surface area contributed by atoms with E-state index in [4.69, 9.17) is 8.94 Å². The molecular formula is C13H12F2N4O3. The summed E-state index contributed by atoms with van der Waals surface area (Å²) in [6, 6.07) is -0.951. The third-order valence-electron chi connectivity index (χ3n) is 3.86. The first-order valence-electron chi connectivity index (χ1n) is 6.94. The Bertz CT molecular complexity index is 696. The molecule has 0 unspecified atom stereocenters. The average Bonchev–Trinajstić information content (AvgIpc) is 2.95. The molecule has 1 atom stereocenters. The highest BCUT2D eigenvalue weighted by atomic mass is 19.3. The largest absolute Gasteiger partial charge is 0.438 e. The lowest BCUT2D eigenvalue weighted by molar-refractivity contribution is 0.0113. The summed E-state index contributed by atoms with van der Waals surface area (Å²) < 4.78 is 37.6. The van der Waals surface area contributed by atoms with Crippen LogP contribution in [-0.2, 0) is 0 Å². The number of oxazole rings is 1. The Kier molecular flexibility index (Phi) is 2.78. The SMILES string of the molecule is O=C(c1cnco1)N1CC(F)(F)C[C@H]1c1nc(C2CC2)no1. The van der Waals surface area contributed by atoms with Crippen LogP contribution in [0, 0.1) is 0 Å². The molecule has 2 aliphatic rings. The Morgan fingerprint density at radius 3 is 2.91 bits per heavy atom. The smallest absolute Gasteiger partial charge is 0.292 e. The maximum atomic E-state index is 13.8. The Morgan fingerprint density at radius 2 is 2.23 bits per heavy atom. The van der Waals surface area contributed by atoms with E-state index in [2.05, 4.69) is 15.1 Å². The van der Waals surface area contributed by atoms with Gasteiger partial charge in [-0.3, -0.25) is 4.79 Å². The molecule has 0 radical (unpaired) electrons. The van der Waals surface area contributed by atoms with Gasteiger partial charge in [0.15, 0.2) is 12.2 Å². The zero-order chi connectivity index (χ0) is 15.3. The number of likely N-dealkylation sites (tertiary alicyclic amines) is 1. The standard InChI is InChI=1S/C13H12F2N4O3/c14-13(15)3-8(11-17-10(18-22-11)7-1-2-7)19(5-13)12(20)9-4-16-6-21-9/h4,6-8H,1-3,5H2/t8-/m0/s1. The van der Waals surface area contributed by atoms with Gasteiger partial charge in [0.25, 0.3) is 11.8 Å². The fourth-order valence-electron chi connectivity index (χ4n) is 2.60. The molecule has 1 saturated heterocycles. The molecule has 1 amide bonds. The predicted molar refractivity (Wildman–Crippen MR) is 66.1 cm³/mol. The summed E-state index contributed by atoms with van der Waals surface area (Å²) in [7, 11) is 0. The lowest BCUT2D eigenvalue weighted by atomic mass is 10.2. The summed E-state index contributed by atoms with van der Waals surface area (Å²) in [4.78, 5) is 21.1. The number of alkyl halides is 2. The third kappa shape index (κ3) is 2.26. The van der Waals surface area contributed by atoms with Crippen LogP contribution in [0.3, 0.4) is 0 Å². The average molecular weight is 310 g/mol. The van der Waals surface area contributed by atoms with Crippen LogP contribution in [0.1, 0.15) is 53.5 Å². The van der Waals surface area contributed by atoms with E-state index in [1.54, 1.807) is 0 Å². The first-order valence-corrected chi connectivity index (χ1v) is 6.94. The maximum absolute atomic E-state index is 13.8. The molecule has 0 bridgehead atoms. The van der Waals surface area contributed by atoms with Crippen molar-refractivity contribution >= 4 is 5.91 Å².